The number of aliphatic carboxylic acids is 1. The molecular weight excluding hydrogens is 280 g/mol. The van der Waals surface area contributed by atoms with E-state index in [-0.39, 0.29) is 12.3 Å². The van der Waals surface area contributed by atoms with E-state index >= 15 is 0 Å². The Morgan fingerprint density at radius 1 is 1.23 bits per heavy atom. The first kappa shape index (κ1) is 16.5. The molecule has 2 N–H and O–H groups in total. The van der Waals surface area contributed by atoms with Crippen LogP contribution in [-0.4, -0.2) is 46.6 Å². The van der Waals surface area contributed by atoms with E-state index in [2.05, 4.69) is 10.2 Å². The van der Waals surface area contributed by atoms with Gasteiger partial charge in [-0.1, -0.05) is 30.3 Å². The fourth-order valence-electron chi connectivity index (χ4n) is 2.80. The van der Waals surface area contributed by atoms with Gasteiger partial charge in [-0.15, -0.1) is 0 Å². The van der Waals surface area contributed by atoms with Crippen molar-refractivity contribution in [2.75, 3.05) is 13.1 Å². The number of nitrogens with zero attached hydrogens (tertiary/aromatic N) is 1. The van der Waals surface area contributed by atoms with Crippen LogP contribution in [0, 0.1) is 0 Å². The van der Waals surface area contributed by atoms with E-state index in [1.54, 1.807) is 0 Å². The lowest BCUT2D eigenvalue weighted by Gasteiger charge is -2.34. The second-order valence-corrected chi connectivity index (χ2v) is 6.31. The van der Waals surface area contributed by atoms with Crippen LogP contribution in [0.2, 0.25) is 0 Å². The Morgan fingerprint density at radius 2 is 1.82 bits per heavy atom. The van der Waals surface area contributed by atoms with Crippen molar-refractivity contribution in [3.63, 3.8) is 0 Å². The number of likely N-dealkylation sites (tertiary alicyclic amines) is 1. The van der Waals surface area contributed by atoms with E-state index in [4.69, 9.17) is 0 Å². The first-order valence-corrected chi connectivity index (χ1v) is 7.74. The van der Waals surface area contributed by atoms with Gasteiger partial charge in [0.1, 0.15) is 6.04 Å². The third-order valence-electron chi connectivity index (χ3n) is 4.34. The maximum atomic E-state index is 12.5. The van der Waals surface area contributed by atoms with E-state index in [1.165, 1.54) is 0 Å². The van der Waals surface area contributed by atoms with E-state index in [0.29, 0.717) is 0 Å². The highest BCUT2D eigenvalue weighted by molar-refractivity contribution is 5.89. The fourth-order valence-corrected chi connectivity index (χ4v) is 2.80. The van der Waals surface area contributed by atoms with Crippen molar-refractivity contribution in [1.82, 2.24) is 10.2 Å². The number of rotatable bonds is 6. The van der Waals surface area contributed by atoms with E-state index in [9.17, 15) is 14.7 Å². The number of nitrogens with one attached hydrogen (secondary N) is 1. The Labute approximate surface area is 131 Å². The number of carbonyl (C=O) groups excluding carboxylic acids is 1. The minimum atomic E-state index is -1.01. The summed E-state index contributed by atoms with van der Waals surface area (Å²) in [6, 6.07) is 8.45. The molecule has 1 aliphatic heterocycles. The number of benzene rings is 1. The van der Waals surface area contributed by atoms with Gasteiger partial charge in [0.05, 0.1) is 5.54 Å². The summed E-state index contributed by atoms with van der Waals surface area (Å²) < 4.78 is 0. The molecule has 5 nitrogen and oxygen atoms in total. The molecule has 0 bridgehead atoms. The average Bonchev–Trinajstić information content (AvgIpc) is 3.02. The van der Waals surface area contributed by atoms with Crippen molar-refractivity contribution in [1.29, 1.82) is 0 Å². The minimum Gasteiger partial charge on any atom is -0.480 e. The van der Waals surface area contributed by atoms with Crippen molar-refractivity contribution in [3.05, 3.63) is 35.9 Å². The third kappa shape index (κ3) is 3.85. The van der Waals surface area contributed by atoms with Crippen molar-refractivity contribution in [2.24, 2.45) is 0 Å². The first-order valence-electron chi connectivity index (χ1n) is 7.74. The lowest BCUT2D eigenvalue weighted by atomic mass is 10.00. The molecule has 0 unspecified atom stereocenters. The Kier molecular flexibility index (Phi) is 5.19. The molecule has 2 rings (SSSR count). The van der Waals surface area contributed by atoms with E-state index in [0.717, 1.165) is 31.5 Å². The minimum absolute atomic E-state index is 0.224. The SMILES string of the molecule is CC(C)(C(=O)N[C@@H](Cc1ccccc1)C(=O)O)N1CCCC1. The summed E-state index contributed by atoms with van der Waals surface area (Å²) in [5.41, 5.74) is 0.218. The zero-order valence-electron chi connectivity index (χ0n) is 13.2. The van der Waals surface area contributed by atoms with Crippen molar-refractivity contribution in [2.45, 2.75) is 44.7 Å². The average molecular weight is 304 g/mol. The molecule has 1 atom stereocenters. The van der Waals surface area contributed by atoms with Gasteiger partial charge in [0.15, 0.2) is 0 Å². The zero-order valence-corrected chi connectivity index (χ0v) is 13.2. The largest absolute Gasteiger partial charge is 0.480 e. The molecule has 22 heavy (non-hydrogen) atoms. The molecule has 1 aliphatic rings. The number of carboxylic acid groups (broad SMARTS) is 1. The molecule has 0 saturated carbocycles. The van der Waals surface area contributed by atoms with Crippen LogP contribution in [0.25, 0.3) is 0 Å². The molecule has 5 heteroatoms. The lowest BCUT2D eigenvalue weighted by Crippen LogP contribution is -2.57. The number of carbonyl (C=O) groups is 2. The van der Waals surface area contributed by atoms with Gasteiger partial charge in [0, 0.05) is 6.42 Å². The molecule has 1 fully saturated rings. The molecular formula is C17H24N2O3. The van der Waals surface area contributed by atoms with Crippen LogP contribution in [-0.2, 0) is 16.0 Å². The molecule has 1 amide bonds. The molecule has 0 radical (unpaired) electrons. The van der Waals surface area contributed by atoms with Crippen LogP contribution in [0.5, 0.6) is 0 Å². The quantitative estimate of drug-likeness (QED) is 0.839. The normalized spacial score (nSPS) is 17.2. The summed E-state index contributed by atoms with van der Waals surface area (Å²) >= 11 is 0. The molecule has 1 heterocycles. The predicted octanol–water partition coefficient (Wildman–Crippen LogP) is 1.67. The maximum absolute atomic E-state index is 12.5. The standard InChI is InChI=1S/C17H24N2O3/c1-17(2,19-10-6-7-11-19)16(22)18-14(15(20)21)12-13-8-4-3-5-9-13/h3-5,8-9,14H,6-7,10-12H2,1-2H3,(H,18,22)(H,20,21)/t14-/m0/s1. The monoisotopic (exact) mass is 304 g/mol. The van der Waals surface area contributed by atoms with Gasteiger partial charge in [-0.25, -0.2) is 4.79 Å². The summed E-state index contributed by atoms with van der Waals surface area (Å²) in [7, 11) is 0. The van der Waals surface area contributed by atoms with Crippen molar-refractivity contribution in [3.8, 4) is 0 Å². The topological polar surface area (TPSA) is 69.6 Å². The van der Waals surface area contributed by atoms with Gasteiger partial charge in [-0.05, 0) is 45.3 Å². The zero-order chi connectivity index (χ0) is 16.2. The van der Waals surface area contributed by atoms with E-state index < -0.39 is 17.6 Å². The van der Waals surface area contributed by atoms with Crippen molar-refractivity contribution >= 4 is 11.9 Å². The fraction of sp³-hybridized carbons (Fsp3) is 0.529. The van der Waals surface area contributed by atoms with Gasteiger partial charge >= 0.3 is 5.97 Å². The smallest absolute Gasteiger partial charge is 0.326 e. The molecule has 0 spiro atoms. The summed E-state index contributed by atoms with van der Waals surface area (Å²) in [5, 5.41) is 12.1. The molecule has 120 valence electrons. The van der Waals surface area contributed by atoms with Gasteiger partial charge in [0.2, 0.25) is 5.91 Å². The number of amides is 1. The van der Waals surface area contributed by atoms with Gasteiger partial charge in [-0.3, -0.25) is 9.69 Å². The van der Waals surface area contributed by atoms with Crippen LogP contribution in [0.4, 0.5) is 0 Å². The van der Waals surface area contributed by atoms with Crippen molar-refractivity contribution < 1.29 is 14.7 Å². The van der Waals surface area contributed by atoms with Gasteiger partial charge < -0.3 is 10.4 Å². The predicted molar refractivity (Wildman–Crippen MR) is 84.6 cm³/mol. The Bertz CT molecular complexity index is 522. The highest BCUT2D eigenvalue weighted by Crippen LogP contribution is 2.21. The van der Waals surface area contributed by atoms with Crippen LogP contribution in [0.1, 0.15) is 32.3 Å². The highest BCUT2D eigenvalue weighted by Gasteiger charge is 2.37. The van der Waals surface area contributed by atoms with Crippen LogP contribution in [0.3, 0.4) is 0 Å². The Balaban J connectivity index is 2.04. The summed E-state index contributed by atoms with van der Waals surface area (Å²) in [6.07, 6.45) is 2.46. The number of hydrogen-bond acceptors (Lipinski definition) is 3. The van der Waals surface area contributed by atoms with Gasteiger partial charge in [-0.2, -0.15) is 0 Å². The number of hydrogen-bond donors (Lipinski definition) is 2. The second kappa shape index (κ2) is 6.92. The van der Waals surface area contributed by atoms with Crippen LogP contribution >= 0.6 is 0 Å². The van der Waals surface area contributed by atoms with Gasteiger partial charge in [0.25, 0.3) is 0 Å². The summed E-state index contributed by atoms with van der Waals surface area (Å²) in [6.45, 7) is 5.48. The number of carboxylic acids is 1. The second-order valence-electron chi connectivity index (χ2n) is 6.31. The summed E-state index contributed by atoms with van der Waals surface area (Å²) in [5.74, 6) is -1.23. The molecule has 1 aromatic carbocycles. The van der Waals surface area contributed by atoms with E-state index in [1.807, 2.05) is 44.2 Å². The Morgan fingerprint density at radius 3 is 2.36 bits per heavy atom. The lowest BCUT2D eigenvalue weighted by molar-refractivity contribution is -0.143. The summed E-state index contributed by atoms with van der Waals surface area (Å²) in [4.78, 5) is 26.1. The molecule has 0 aromatic heterocycles. The highest BCUT2D eigenvalue weighted by atomic mass is 16.4. The molecule has 1 aromatic rings. The molecule has 0 aliphatic carbocycles. The molecule has 1 saturated heterocycles. The third-order valence-corrected chi connectivity index (χ3v) is 4.34. The maximum Gasteiger partial charge on any atom is 0.326 e. The Hall–Kier alpha value is -1.88. The van der Waals surface area contributed by atoms with Crippen LogP contribution < -0.4 is 5.32 Å². The van der Waals surface area contributed by atoms with Crippen LogP contribution in [0.15, 0.2) is 30.3 Å². The first-order chi connectivity index (χ1) is 10.4.